The first kappa shape index (κ1) is 13.9. The standard InChI is InChI=1S/C13H14N2S.ClH/c1-16-12-7-5-11(6-8-12)10-15-13-4-2-3-9-14-13;/h2-9H,10H2,1H3,(H,14,15);1H. The topological polar surface area (TPSA) is 24.9 Å². The molecule has 0 atom stereocenters. The first-order chi connectivity index (χ1) is 7.88. The highest BCUT2D eigenvalue weighted by atomic mass is 35.5. The maximum atomic E-state index is 4.21. The monoisotopic (exact) mass is 266 g/mol. The van der Waals surface area contributed by atoms with E-state index in [2.05, 4.69) is 40.8 Å². The summed E-state index contributed by atoms with van der Waals surface area (Å²) in [5.74, 6) is 0.913. The molecule has 0 saturated carbocycles. The van der Waals surface area contributed by atoms with Crippen LogP contribution in [0, 0.1) is 0 Å². The Morgan fingerprint density at radius 2 is 1.88 bits per heavy atom. The van der Waals surface area contributed by atoms with Crippen LogP contribution in [0.15, 0.2) is 53.6 Å². The van der Waals surface area contributed by atoms with Crippen molar-refractivity contribution < 1.29 is 0 Å². The lowest BCUT2D eigenvalue weighted by atomic mass is 10.2. The second-order valence-corrected chi connectivity index (χ2v) is 4.30. The maximum absolute atomic E-state index is 4.21. The lowest BCUT2D eigenvalue weighted by Gasteiger charge is -2.05. The zero-order valence-electron chi connectivity index (χ0n) is 9.59. The number of pyridine rings is 1. The molecule has 90 valence electrons. The summed E-state index contributed by atoms with van der Waals surface area (Å²) in [5, 5.41) is 3.28. The van der Waals surface area contributed by atoms with E-state index in [9.17, 15) is 0 Å². The predicted molar refractivity (Wildman–Crippen MR) is 77.0 cm³/mol. The summed E-state index contributed by atoms with van der Waals surface area (Å²) in [6.45, 7) is 0.811. The smallest absolute Gasteiger partial charge is 0.126 e. The SMILES string of the molecule is CSc1ccc(CNc2ccccn2)cc1.Cl. The van der Waals surface area contributed by atoms with Crippen molar-refractivity contribution in [1.82, 2.24) is 4.98 Å². The molecule has 0 bridgehead atoms. The molecular weight excluding hydrogens is 252 g/mol. The lowest BCUT2D eigenvalue weighted by Crippen LogP contribution is -2.00. The highest BCUT2D eigenvalue weighted by Crippen LogP contribution is 2.15. The van der Waals surface area contributed by atoms with Crippen molar-refractivity contribution in [1.29, 1.82) is 0 Å². The van der Waals surface area contributed by atoms with Crippen LogP contribution in [0.3, 0.4) is 0 Å². The molecular formula is C13H15ClN2S. The predicted octanol–water partition coefficient (Wildman–Crippen LogP) is 3.84. The first-order valence-electron chi connectivity index (χ1n) is 5.16. The van der Waals surface area contributed by atoms with Gasteiger partial charge in [0.2, 0.25) is 0 Å². The maximum Gasteiger partial charge on any atom is 0.126 e. The Balaban J connectivity index is 0.00000144. The highest BCUT2D eigenvalue weighted by Gasteiger charge is 1.94. The summed E-state index contributed by atoms with van der Waals surface area (Å²) in [6.07, 6.45) is 3.88. The third kappa shape index (κ3) is 4.29. The molecule has 1 N–H and O–H groups in total. The second-order valence-electron chi connectivity index (χ2n) is 3.42. The van der Waals surface area contributed by atoms with Gasteiger partial charge in [-0.2, -0.15) is 0 Å². The molecule has 0 radical (unpaired) electrons. The Labute approximate surface area is 112 Å². The molecule has 17 heavy (non-hydrogen) atoms. The summed E-state index contributed by atoms with van der Waals surface area (Å²) in [6, 6.07) is 14.4. The van der Waals surface area contributed by atoms with Crippen LogP contribution in [0.25, 0.3) is 0 Å². The van der Waals surface area contributed by atoms with Gasteiger partial charge in [-0.05, 0) is 36.1 Å². The van der Waals surface area contributed by atoms with Crippen molar-refractivity contribution in [2.45, 2.75) is 11.4 Å². The summed E-state index contributed by atoms with van der Waals surface area (Å²) in [5.41, 5.74) is 1.27. The van der Waals surface area contributed by atoms with Crippen LogP contribution >= 0.6 is 24.2 Å². The molecule has 2 nitrogen and oxygen atoms in total. The molecule has 2 aromatic rings. The first-order valence-corrected chi connectivity index (χ1v) is 6.39. The minimum Gasteiger partial charge on any atom is -0.366 e. The number of hydrogen-bond acceptors (Lipinski definition) is 3. The van der Waals surface area contributed by atoms with E-state index in [1.807, 2.05) is 18.2 Å². The van der Waals surface area contributed by atoms with Gasteiger partial charge in [0.1, 0.15) is 5.82 Å². The van der Waals surface area contributed by atoms with Crippen molar-refractivity contribution >= 4 is 30.0 Å². The molecule has 1 aromatic heterocycles. The lowest BCUT2D eigenvalue weighted by molar-refractivity contribution is 1.11. The molecule has 4 heteroatoms. The van der Waals surface area contributed by atoms with Crippen LogP contribution in [-0.2, 0) is 6.54 Å². The van der Waals surface area contributed by atoms with Crippen LogP contribution in [0.4, 0.5) is 5.82 Å². The number of hydrogen-bond donors (Lipinski definition) is 1. The van der Waals surface area contributed by atoms with Gasteiger partial charge in [-0.3, -0.25) is 0 Å². The molecule has 1 aromatic carbocycles. The highest BCUT2D eigenvalue weighted by molar-refractivity contribution is 7.98. The Hall–Kier alpha value is -1.19. The van der Waals surface area contributed by atoms with Gasteiger partial charge in [-0.15, -0.1) is 24.2 Å². The summed E-state index contributed by atoms with van der Waals surface area (Å²) in [7, 11) is 0. The molecule has 0 aliphatic carbocycles. The van der Waals surface area contributed by atoms with Crippen molar-refractivity contribution in [3.63, 3.8) is 0 Å². The Kier molecular flexibility index (Phi) is 5.87. The van der Waals surface area contributed by atoms with Crippen molar-refractivity contribution in [2.75, 3.05) is 11.6 Å². The van der Waals surface area contributed by atoms with Gasteiger partial charge in [0.25, 0.3) is 0 Å². The number of nitrogens with one attached hydrogen (secondary N) is 1. The average Bonchev–Trinajstić information content (AvgIpc) is 2.38. The number of rotatable bonds is 4. The third-order valence-electron chi connectivity index (χ3n) is 2.30. The fourth-order valence-electron chi connectivity index (χ4n) is 1.40. The van der Waals surface area contributed by atoms with Gasteiger partial charge < -0.3 is 5.32 Å². The normalized spacial score (nSPS) is 9.47. The van der Waals surface area contributed by atoms with E-state index in [0.717, 1.165) is 12.4 Å². The average molecular weight is 267 g/mol. The number of halogens is 1. The molecule has 0 spiro atoms. The zero-order chi connectivity index (χ0) is 11.2. The number of benzene rings is 1. The molecule has 0 saturated heterocycles. The molecule has 0 amide bonds. The molecule has 0 fully saturated rings. The van der Waals surface area contributed by atoms with E-state index < -0.39 is 0 Å². The third-order valence-corrected chi connectivity index (χ3v) is 3.04. The van der Waals surface area contributed by atoms with Gasteiger partial charge in [-0.25, -0.2) is 4.98 Å². The van der Waals surface area contributed by atoms with E-state index in [1.54, 1.807) is 18.0 Å². The molecule has 0 aliphatic rings. The van der Waals surface area contributed by atoms with E-state index >= 15 is 0 Å². The van der Waals surface area contributed by atoms with E-state index in [4.69, 9.17) is 0 Å². The van der Waals surface area contributed by atoms with Crippen LogP contribution in [0.5, 0.6) is 0 Å². The summed E-state index contributed by atoms with van der Waals surface area (Å²) < 4.78 is 0. The summed E-state index contributed by atoms with van der Waals surface area (Å²) >= 11 is 1.76. The van der Waals surface area contributed by atoms with E-state index in [-0.39, 0.29) is 12.4 Å². The molecule has 1 heterocycles. The van der Waals surface area contributed by atoms with Gasteiger partial charge in [0.15, 0.2) is 0 Å². The van der Waals surface area contributed by atoms with E-state index in [0.29, 0.717) is 0 Å². The van der Waals surface area contributed by atoms with Gasteiger partial charge >= 0.3 is 0 Å². The van der Waals surface area contributed by atoms with Crippen LogP contribution < -0.4 is 5.32 Å². The molecule has 0 aliphatic heterocycles. The Morgan fingerprint density at radius 1 is 1.12 bits per heavy atom. The van der Waals surface area contributed by atoms with Crippen molar-refractivity contribution in [3.05, 3.63) is 54.2 Å². The van der Waals surface area contributed by atoms with Crippen LogP contribution in [0.2, 0.25) is 0 Å². The van der Waals surface area contributed by atoms with Gasteiger partial charge in [0, 0.05) is 17.6 Å². The number of thioether (sulfide) groups is 1. The Bertz CT molecular complexity index is 431. The second kappa shape index (κ2) is 7.20. The molecule has 0 unspecified atom stereocenters. The van der Waals surface area contributed by atoms with Crippen molar-refractivity contribution in [2.24, 2.45) is 0 Å². The number of nitrogens with zero attached hydrogens (tertiary/aromatic N) is 1. The minimum atomic E-state index is 0. The number of anilines is 1. The zero-order valence-corrected chi connectivity index (χ0v) is 11.2. The Morgan fingerprint density at radius 3 is 2.47 bits per heavy atom. The van der Waals surface area contributed by atoms with Crippen LogP contribution in [0.1, 0.15) is 5.56 Å². The summed E-state index contributed by atoms with van der Waals surface area (Å²) in [4.78, 5) is 5.51. The molecule has 2 rings (SSSR count). The van der Waals surface area contributed by atoms with E-state index in [1.165, 1.54) is 10.5 Å². The van der Waals surface area contributed by atoms with Gasteiger partial charge in [0.05, 0.1) is 0 Å². The fourth-order valence-corrected chi connectivity index (χ4v) is 1.81. The number of aromatic nitrogens is 1. The van der Waals surface area contributed by atoms with Gasteiger partial charge in [-0.1, -0.05) is 18.2 Å². The van der Waals surface area contributed by atoms with Crippen molar-refractivity contribution in [3.8, 4) is 0 Å². The quantitative estimate of drug-likeness (QED) is 0.852. The minimum absolute atomic E-state index is 0. The fraction of sp³-hybridized carbons (Fsp3) is 0.154. The largest absolute Gasteiger partial charge is 0.366 e. The van der Waals surface area contributed by atoms with Crippen LogP contribution in [-0.4, -0.2) is 11.2 Å².